The fourth-order valence-corrected chi connectivity index (χ4v) is 3.91. The third-order valence-corrected chi connectivity index (χ3v) is 5.70. The Morgan fingerprint density at radius 1 is 1.13 bits per heavy atom. The molecule has 164 valence electrons. The summed E-state index contributed by atoms with van der Waals surface area (Å²) in [5.74, 6) is -0.798. The second-order valence-corrected chi connectivity index (χ2v) is 8.16. The number of halogens is 1. The molecule has 0 spiro atoms. The van der Waals surface area contributed by atoms with Gasteiger partial charge in [-0.25, -0.2) is 0 Å². The molecule has 0 radical (unpaired) electrons. The number of carbonyl (C=O) groups is 2. The van der Waals surface area contributed by atoms with Gasteiger partial charge in [0.25, 0.3) is 11.8 Å². The van der Waals surface area contributed by atoms with Crippen molar-refractivity contribution in [2.45, 2.75) is 37.9 Å². The van der Waals surface area contributed by atoms with Crippen molar-refractivity contribution in [1.29, 1.82) is 0 Å². The van der Waals surface area contributed by atoms with Crippen LogP contribution >= 0.6 is 15.9 Å². The summed E-state index contributed by atoms with van der Waals surface area (Å²) in [5, 5.41) is 15.6. The molecule has 0 aliphatic carbocycles. The van der Waals surface area contributed by atoms with Gasteiger partial charge in [0.05, 0.1) is 23.8 Å². The van der Waals surface area contributed by atoms with Crippen molar-refractivity contribution in [3.05, 3.63) is 27.7 Å². The van der Waals surface area contributed by atoms with E-state index in [1.807, 2.05) is 0 Å². The van der Waals surface area contributed by atoms with Gasteiger partial charge < -0.3 is 30.0 Å². The SMILES string of the molecule is COc1cc(C=C(C(=O)NCC2CCCO2)C(=O)NCC2CCCO2)cc(Br)c1O. The van der Waals surface area contributed by atoms with Crippen LogP contribution in [-0.2, 0) is 19.1 Å². The van der Waals surface area contributed by atoms with Crippen molar-refractivity contribution < 1.29 is 28.9 Å². The van der Waals surface area contributed by atoms with Crippen LogP contribution in [-0.4, -0.2) is 62.5 Å². The van der Waals surface area contributed by atoms with E-state index in [0.29, 0.717) is 36.3 Å². The quantitative estimate of drug-likeness (QED) is 0.297. The maximum atomic E-state index is 12.8. The zero-order chi connectivity index (χ0) is 21.5. The van der Waals surface area contributed by atoms with E-state index in [0.717, 1.165) is 25.7 Å². The largest absolute Gasteiger partial charge is 0.503 e. The smallest absolute Gasteiger partial charge is 0.256 e. The van der Waals surface area contributed by atoms with E-state index in [-0.39, 0.29) is 29.3 Å². The number of rotatable bonds is 8. The van der Waals surface area contributed by atoms with Gasteiger partial charge in [0.1, 0.15) is 5.57 Å². The first kappa shape index (κ1) is 22.6. The summed E-state index contributed by atoms with van der Waals surface area (Å²) in [5.41, 5.74) is 0.497. The van der Waals surface area contributed by atoms with Gasteiger partial charge >= 0.3 is 0 Å². The standard InChI is InChI=1S/C21H27BrN2O6/c1-28-18-10-13(9-17(22)19(18)25)8-16(20(26)23-11-14-4-2-6-29-14)21(27)24-12-15-5-3-7-30-15/h8-10,14-15,25H,2-7,11-12H2,1H3,(H,23,26)(H,24,27). The van der Waals surface area contributed by atoms with Crippen LogP contribution in [0, 0.1) is 0 Å². The molecule has 1 aromatic carbocycles. The van der Waals surface area contributed by atoms with Crippen molar-refractivity contribution in [3.63, 3.8) is 0 Å². The summed E-state index contributed by atoms with van der Waals surface area (Å²) in [7, 11) is 1.43. The highest BCUT2D eigenvalue weighted by Crippen LogP contribution is 2.35. The summed E-state index contributed by atoms with van der Waals surface area (Å²) in [6, 6.07) is 3.17. The Morgan fingerprint density at radius 3 is 2.17 bits per heavy atom. The van der Waals surface area contributed by atoms with E-state index in [9.17, 15) is 14.7 Å². The molecule has 2 aliphatic rings. The lowest BCUT2D eigenvalue weighted by molar-refractivity contribution is -0.124. The third-order valence-electron chi connectivity index (χ3n) is 5.10. The lowest BCUT2D eigenvalue weighted by atomic mass is 10.1. The Kier molecular flexibility index (Phi) is 8.12. The number of amides is 2. The van der Waals surface area contributed by atoms with Crippen LogP contribution < -0.4 is 15.4 Å². The number of carbonyl (C=O) groups excluding carboxylic acids is 2. The maximum Gasteiger partial charge on any atom is 0.256 e. The fourth-order valence-electron chi connectivity index (χ4n) is 3.45. The number of phenolic OH excluding ortho intramolecular Hbond substituents is 1. The van der Waals surface area contributed by atoms with Gasteiger partial charge in [-0.1, -0.05) is 0 Å². The number of aromatic hydroxyl groups is 1. The zero-order valence-corrected chi connectivity index (χ0v) is 18.5. The molecule has 1 aromatic rings. The minimum atomic E-state index is -0.487. The second-order valence-electron chi connectivity index (χ2n) is 7.30. The van der Waals surface area contributed by atoms with Crippen molar-refractivity contribution >= 4 is 33.8 Å². The van der Waals surface area contributed by atoms with E-state index in [2.05, 4.69) is 26.6 Å². The van der Waals surface area contributed by atoms with E-state index in [4.69, 9.17) is 14.2 Å². The van der Waals surface area contributed by atoms with Crippen LogP contribution in [0.2, 0.25) is 0 Å². The number of nitrogens with one attached hydrogen (secondary N) is 2. The molecule has 0 saturated carbocycles. The fraction of sp³-hybridized carbons (Fsp3) is 0.524. The van der Waals surface area contributed by atoms with Crippen LogP contribution in [0.25, 0.3) is 6.08 Å². The molecule has 2 unspecified atom stereocenters. The van der Waals surface area contributed by atoms with Gasteiger partial charge in [-0.2, -0.15) is 0 Å². The van der Waals surface area contributed by atoms with Gasteiger partial charge in [0.15, 0.2) is 11.5 Å². The molecule has 2 saturated heterocycles. The minimum absolute atomic E-state index is 0.0342. The first-order valence-electron chi connectivity index (χ1n) is 10.1. The van der Waals surface area contributed by atoms with Crippen LogP contribution in [0.1, 0.15) is 31.2 Å². The van der Waals surface area contributed by atoms with E-state index in [1.54, 1.807) is 12.1 Å². The second kappa shape index (κ2) is 10.8. The highest BCUT2D eigenvalue weighted by atomic mass is 79.9. The van der Waals surface area contributed by atoms with Crippen LogP contribution in [0.15, 0.2) is 22.2 Å². The van der Waals surface area contributed by atoms with Gasteiger partial charge in [0, 0.05) is 26.3 Å². The Hall–Kier alpha value is -2.10. The van der Waals surface area contributed by atoms with Crippen molar-refractivity contribution in [3.8, 4) is 11.5 Å². The Labute approximate surface area is 184 Å². The van der Waals surface area contributed by atoms with Crippen LogP contribution in [0.5, 0.6) is 11.5 Å². The lowest BCUT2D eigenvalue weighted by Gasteiger charge is -2.15. The average Bonchev–Trinajstić information content (AvgIpc) is 3.44. The highest BCUT2D eigenvalue weighted by Gasteiger charge is 2.23. The summed E-state index contributed by atoms with van der Waals surface area (Å²) in [6.45, 7) is 2.06. The van der Waals surface area contributed by atoms with Crippen LogP contribution in [0.4, 0.5) is 0 Å². The van der Waals surface area contributed by atoms with Crippen molar-refractivity contribution in [2.24, 2.45) is 0 Å². The number of ether oxygens (including phenoxy) is 3. The summed E-state index contributed by atoms with van der Waals surface area (Å²) in [4.78, 5) is 25.7. The van der Waals surface area contributed by atoms with Gasteiger partial charge in [0.2, 0.25) is 0 Å². The summed E-state index contributed by atoms with van der Waals surface area (Å²) >= 11 is 3.26. The monoisotopic (exact) mass is 482 g/mol. The predicted octanol–water partition coefficient (Wildman–Crippen LogP) is 2.14. The van der Waals surface area contributed by atoms with Crippen LogP contribution in [0.3, 0.4) is 0 Å². The van der Waals surface area contributed by atoms with Gasteiger partial charge in [-0.05, 0) is 65.4 Å². The average molecular weight is 483 g/mol. The number of hydrogen-bond acceptors (Lipinski definition) is 6. The lowest BCUT2D eigenvalue weighted by Crippen LogP contribution is -2.40. The molecule has 2 amide bonds. The molecular weight excluding hydrogens is 456 g/mol. The molecule has 2 heterocycles. The highest BCUT2D eigenvalue weighted by molar-refractivity contribution is 9.10. The number of hydrogen-bond donors (Lipinski definition) is 3. The molecule has 0 bridgehead atoms. The number of benzene rings is 1. The first-order chi connectivity index (χ1) is 14.5. The van der Waals surface area contributed by atoms with Crippen molar-refractivity contribution in [1.82, 2.24) is 10.6 Å². The molecule has 2 aliphatic heterocycles. The Balaban J connectivity index is 1.78. The zero-order valence-electron chi connectivity index (χ0n) is 16.9. The number of phenols is 1. The van der Waals surface area contributed by atoms with E-state index < -0.39 is 11.8 Å². The van der Waals surface area contributed by atoms with Crippen molar-refractivity contribution in [2.75, 3.05) is 33.4 Å². The molecule has 3 rings (SSSR count). The molecular formula is C21H27BrN2O6. The Bertz CT molecular complexity index is 767. The minimum Gasteiger partial charge on any atom is -0.503 e. The first-order valence-corrected chi connectivity index (χ1v) is 10.8. The topological polar surface area (TPSA) is 106 Å². The maximum absolute atomic E-state index is 12.8. The molecule has 3 N–H and O–H groups in total. The van der Waals surface area contributed by atoms with Gasteiger partial charge in [-0.15, -0.1) is 0 Å². The molecule has 2 atom stereocenters. The molecule has 30 heavy (non-hydrogen) atoms. The molecule has 0 aromatic heterocycles. The third kappa shape index (κ3) is 5.96. The summed E-state index contributed by atoms with van der Waals surface area (Å²) in [6.07, 6.45) is 5.10. The van der Waals surface area contributed by atoms with E-state index in [1.165, 1.54) is 13.2 Å². The normalized spacial score (nSPS) is 20.6. The molecule has 9 heteroatoms. The number of methoxy groups -OCH3 is 1. The molecule has 2 fully saturated rings. The van der Waals surface area contributed by atoms with Gasteiger partial charge in [-0.3, -0.25) is 9.59 Å². The molecule has 8 nitrogen and oxygen atoms in total. The predicted molar refractivity (Wildman–Crippen MR) is 114 cm³/mol. The summed E-state index contributed by atoms with van der Waals surface area (Å²) < 4.78 is 16.6. The van der Waals surface area contributed by atoms with E-state index >= 15 is 0 Å². The Morgan fingerprint density at radius 2 is 1.70 bits per heavy atom.